The average molecular weight is 566 g/mol. The molecule has 0 radical (unpaired) electrons. The number of Topliss-reactive ketones (excluding diaryl/α,β-unsaturated/α-hetero) is 2. The second kappa shape index (κ2) is 9.50. The Bertz CT molecular complexity index is 1560. The third-order valence-corrected chi connectivity index (χ3v) is 11.4. The molecule has 2 heterocycles. The zero-order chi connectivity index (χ0) is 28.6. The van der Waals surface area contributed by atoms with E-state index < -0.39 is 17.4 Å². The number of carbonyl (C=O) groups is 2. The van der Waals surface area contributed by atoms with Gasteiger partial charge in [0.1, 0.15) is 13.2 Å². The standard InChI is InChI=1S/C36H36FNO4/c1-38-32-25-12-27(32)28-18-36(28,38)21-35(16-25)17-26(35)15-30(39)33(40)24-13-29(37)34(42-20-23-10-6-3-7-11-23)31(14-24)41-19-22-8-4-2-5-9-22/h2-11,13-14,25-28,32H,12,15-21H2,1H3/t25-,26?,27+,28?,32?,35-,36+/m0/s1. The highest BCUT2D eigenvalue weighted by atomic mass is 19.1. The molecule has 2 spiro atoms. The SMILES string of the molecule is CN1C2[C@H]3C[C@@H]2C2C[C@@]21C[C@@]1(CC1CC(=O)C(=O)c1cc(F)c(OCc2ccccc2)c(OCc2ccccc2)c1)C3. The number of hydrogen-bond donors (Lipinski definition) is 0. The molecule has 5 aliphatic rings. The zero-order valence-electron chi connectivity index (χ0n) is 23.9. The van der Waals surface area contributed by atoms with Gasteiger partial charge in [-0.1, -0.05) is 60.7 Å². The van der Waals surface area contributed by atoms with Gasteiger partial charge in [0.05, 0.1) is 0 Å². The van der Waals surface area contributed by atoms with Crippen molar-refractivity contribution in [2.75, 3.05) is 7.05 Å². The molecule has 2 aliphatic heterocycles. The fourth-order valence-electron chi connectivity index (χ4n) is 9.17. The monoisotopic (exact) mass is 565 g/mol. The number of ketones is 2. The summed E-state index contributed by atoms with van der Waals surface area (Å²) in [6, 6.07) is 22.4. The average Bonchev–Trinajstić information content (AvgIpc) is 3.86. The van der Waals surface area contributed by atoms with E-state index in [-0.39, 0.29) is 48.0 Å². The molecule has 5 nitrogen and oxygen atoms in total. The summed E-state index contributed by atoms with van der Waals surface area (Å²) in [5.74, 6) is 1.01. The topological polar surface area (TPSA) is 55.8 Å². The summed E-state index contributed by atoms with van der Waals surface area (Å²) in [4.78, 5) is 29.5. The van der Waals surface area contributed by atoms with E-state index in [1.54, 1.807) is 0 Å². The number of halogens is 1. The van der Waals surface area contributed by atoms with Gasteiger partial charge in [-0.25, -0.2) is 4.39 Å². The normalized spacial score (nSPS) is 33.3. The molecule has 3 unspecified atom stereocenters. The molecule has 3 aromatic carbocycles. The zero-order valence-corrected chi connectivity index (χ0v) is 23.9. The molecule has 8 rings (SSSR count). The number of rotatable bonds is 10. The van der Waals surface area contributed by atoms with Crippen LogP contribution in [0.15, 0.2) is 72.8 Å². The summed E-state index contributed by atoms with van der Waals surface area (Å²) in [5, 5.41) is 0. The smallest absolute Gasteiger partial charge is 0.228 e. The minimum Gasteiger partial charge on any atom is -0.485 e. The van der Waals surface area contributed by atoms with E-state index in [4.69, 9.17) is 9.47 Å². The van der Waals surface area contributed by atoms with Gasteiger partial charge in [-0.05, 0) is 91.5 Å². The van der Waals surface area contributed by atoms with Gasteiger partial charge < -0.3 is 9.47 Å². The quantitative estimate of drug-likeness (QED) is 0.204. The van der Waals surface area contributed by atoms with E-state index >= 15 is 4.39 Å². The Balaban J connectivity index is 0.993. The van der Waals surface area contributed by atoms with E-state index in [1.165, 1.54) is 31.7 Å². The van der Waals surface area contributed by atoms with Gasteiger partial charge in [0, 0.05) is 23.6 Å². The van der Waals surface area contributed by atoms with Crippen LogP contribution in [0.3, 0.4) is 0 Å². The molecule has 2 bridgehead atoms. The predicted molar refractivity (Wildman–Crippen MR) is 156 cm³/mol. The number of ether oxygens (including phenoxy) is 2. The molecule has 6 heteroatoms. The molecule has 3 aliphatic carbocycles. The second-order valence-corrected chi connectivity index (χ2v) is 13.6. The number of fused-ring (bicyclic) bond motifs is 1. The third kappa shape index (κ3) is 4.13. The van der Waals surface area contributed by atoms with Gasteiger partial charge >= 0.3 is 0 Å². The van der Waals surface area contributed by atoms with Crippen molar-refractivity contribution in [2.45, 2.75) is 63.3 Å². The summed E-state index contributed by atoms with van der Waals surface area (Å²) in [6.07, 6.45) is 6.30. The highest BCUT2D eigenvalue weighted by Crippen LogP contribution is 2.79. The van der Waals surface area contributed by atoms with Crippen LogP contribution in [0, 0.1) is 34.9 Å². The molecule has 7 atom stereocenters. The van der Waals surface area contributed by atoms with Crippen LogP contribution in [0.2, 0.25) is 0 Å². The van der Waals surface area contributed by atoms with Crippen molar-refractivity contribution >= 4 is 11.6 Å². The van der Waals surface area contributed by atoms with E-state index in [1.807, 2.05) is 60.7 Å². The summed E-state index contributed by atoms with van der Waals surface area (Å²) in [7, 11) is 2.32. The maximum Gasteiger partial charge on any atom is 0.228 e. The first kappa shape index (κ1) is 26.1. The first-order chi connectivity index (χ1) is 20.4. The van der Waals surface area contributed by atoms with E-state index in [0.29, 0.717) is 5.54 Å². The van der Waals surface area contributed by atoms with Crippen molar-refractivity contribution in [2.24, 2.45) is 29.1 Å². The number of piperidine rings is 1. The maximum atomic E-state index is 15.5. The van der Waals surface area contributed by atoms with E-state index in [2.05, 4.69) is 11.9 Å². The Labute approximate surface area is 246 Å². The lowest BCUT2D eigenvalue weighted by atomic mass is 9.63. The van der Waals surface area contributed by atoms with Gasteiger partial charge in [-0.2, -0.15) is 0 Å². The Morgan fingerprint density at radius 3 is 2.33 bits per heavy atom. The van der Waals surface area contributed by atoms with Crippen LogP contribution in [0.25, 0.3) is 0 Å². The number of carbonyl (C=O) groups excluding carboxylic acids is 2. The summed E-state index contributed by atoms with van der Waals surface area (Å²) < 4.78 is 27.4. The molecule has 0 aromatic heterocycles. The minimum absolute atomic E-state index is 0.0182. The lowest BCUT2D eigenvalue weighted by Crippen LogP contribution is -2.49. The highest BCUT2D eigenvalue weighted by molar-refractivity contribution is 6.43. The third-order valence-electron chi connectivity index (χ3n) is 11.4. The maximum absolute atomic E-state index is 15.5. The fourth-order valence-corrected chi connectivity index (χ4v) is 9.17. The number of benzene rings is 3. The van der Waals surface area contributed by atoms with Crippen LogP contribution < -0.4 is 9.47 Å². The molecule has 5 fully saturated rings. The van der Waals surface area contributed by atoms with Gasteiger partial charge in [-0.3, -0.25) is 14.5 Å². The Kier molecular flexibility index (Phi) is 5.91. The molecule has 3 aromatic rings. The van der Waals surface area contributed by atoms with Gasteiger partial charge in [0.2, 0.25) is 11.6 Å². The molecule has 3 saturated carbocycles. The van der Waals surface area contributed by atoms with Gasteiger partial charge in [0.25, 0.3) is 0 Å². The first-order valence-corrected chi connectivity index (χ1v) is 15.3. The summed E-state index contributed by atoms with van der Waals surface area (Å²) in [5.41, 5.74) is 2.36. The number of hydrogen-bond acceptors (Lipinski definition) is 5. The molecule has 0 amide bonds. The van der Waals surface area contributed by atoms with Crippen molar-refractivity contribution in [1.82, 2.24) is 4.90 Å². The van der Waals surface area contributed by atoms with Crippen LogP contribution in [0.4, 0.5) is 4.39 Å². The summed E-state index contributed by atoms with van der Waals surface area (Å²) >= 11 is 0. The van der Waals surface area contributed by atoms with Crippen LogP contribution in [-0.2, 0) is 18.0 Å². The minimum atomic E-state index is -0.711. The van der Waals surface area contributed by atoms with Crippen molar-refractivity contribution in [1.29, 1.82) is 0 Å². The summed E-state index contributed by atoms with van der Waals surface area (Å²) in [6.45, 7) is 0.327. The fraction of sp³-hybridized carbons (Fsp3) is 0.444. The molecular weight excluding hydrogens is 529 g/mol. The van der Waals surface area contributed by atoms with Crippen molar-refractivity contribution in [3.05, 3.63) is 95.3 Å². The molecule has 2 saturated heterocycles. The van der Waals surface area contributed by atoms with Crippen LogP contribution >= 0.6 is 0 Å². The van der Waals surface area contributed by atoms with Gasteiger partial charge in [-0.15, -0.1) is 0 Å². The Morgan fingerprint density at radius 2 is 1.62 bits per heavy atom. The predicted octanol–water partition coefficient (Wildman–Crippen LogP) is 6.63. The molecule has 0 N–H and O–H groups in total. The van der Waals surface area contributed by atoms with Crippen LogP contribution in [0.5, 0.6) is 11.5 Å². The Hall–Kier alpha value is -3.51. The van der Waals surface area contributed by atoms with E-state index in [9.17, 15) is 9.59 Å². The molecule has 42 heavy (non-hydrogen) atoms. The van der Waals surface area contributed by atoms with Crippen molar-refractivity contribution in [3.63, 3.8) is 0 Å². The molecular formula is C36H36FNO4. The second-order valence-electron chi connectivity index (χ2n) is 13.6. The Morgan fingerprint density at radius 1 is 0.929 bits per heavy atom. The van der Waals surface area contributed by atoms with Crippen LogP contribution in [0.1, 0.15) is 60.0 Å². The number of nitrogens with zero attached hydrogens (tertiary/aromatic N) is 1. The van der Waals surface area contributed by atoms with Crippen molar-refractivity contribution < 1.29 is 23.5 Å². The highest BCUT2D eigenvalue weighted by Gasteiger charge is 2.78. The first-order valence-electron chi connectivity index (χ1n) is 15.3. The lowest BCUT2D eigenvalue weighted by molar-refractivity contribution is -0.115. The van der Waals surface area contributed by atoms with Crippen molar-refractivity contribution in [3.8, 4) is 11.5 Å². The lowest BCUT2D eigenvalue weighted by Gasteiger charge is -2.46. The van der Waals surface area contributed by atoms with Gasteiger partial charge in [0.15, 0.2) is 17.3 Å². The molecule has 216 valence electrons. The van der Waals surface area contributed by atoms with Crippen LogP contribution in [-0.4, -0.2) is 35.1 Å². The largest absolute Gasteiger partial charge is 0.485 e. The van der Waals surface area contributed by atoms with E-state index in [0.717, 1.165) is 47.4 Å².